The first-order chi connectivity index (χ1) is 19.0. The number of carboxylic acid groups (broad SMARTS) is 1. The van der Waals surface area contributed by atoms with Crippen LogP contribution in [0.2, 0.25) is 5.04 Å². The third-order valence-electron chi connectivity index (χ3n) is 7.56. The summed E-state index contributed by atoms with van der Waals surface area (Å²) < 4.78 is 34.6. The summed E-state index contributed by atoms with van der Waals surface area (Å²) in [6.07, 6.45) is -0.234. The lowest BCUT2D eigenvalue weighted by Gasteiger charge is -2.43. The Labute approximate surface area is 234 Å². The number of aromatic carboxylic acids is 1. The summed E-state index contributed by atoms with van der Waals surface area (Å²) >= 11 is 0. The number of fused-ring (bicyclic) bond motifs is 1. The van der Waals surface area contributed by atoms with Gasteiger partial charge in [0.1, 0.15) is 0 Å². The van der Waals surface area contributed by atoms with Crippen molar-refractivity contribution in [3.05, 3.63) is 83.8 Å². The minimum absolute atomic E-state index is 0.0693. The summed E-state index contributed by atoms with van der Waals surface area (Å²) in [6, 6.07) is 22.1. The molecule has 0 saturated carbocycles. The Morgan fingerprint density at radius 2 is 1.60 bits per heavy atom. The van der Waals surface area contributed by atoms with Gasteiger partial charge in [-0.05, 0) is 35.3 Å². The molecular weight excluding hydrogens is 527 g/mol. The van der Waals surface area contributed by atoms with Gasteiger partial charge in [0.2, 0.25) is 5.58 Å². The zero-order valence-corrected chi connectivity index (χ0v) is 24.5. The summed E-state index contributed by atoms with van der Waals surface area (Å²) in [4.78, 5) is 13.8. The standard InChI is InChI=1S/C31H35FN2O5Si/c1-20-17-34(18-21(2)38-20)28-22(16-25-27(30(35)36)33-39-29(25)26(28)32)19-37-40(31(3,4)5,23-12-8-6-9-13-23)24-14-10-7-11-15-24/h6-16,20-21H,17-19H2,1-5H3,(H,35,36)/t20-,21+. The summed E-state index contributed by atoms with van der Waals surface area (Å²) in [6.45, 7) is 11.5. The van der Waals surface area contributed by atoms with Crippen LogP contribution in [0, 0.1) is 5.82 Å². The zero-order valence-electron chi connectivity index (χ0n) is 23.5. The van der Waals surface area contributed by atoms with Gasteiger partial charge in [-0.3, -0.25) is 0 Å². The summed E-state index contributed by atoms with van der Waals surface area (Å²) in [7, 11) is -2.96. The highest BCUT2D eigenvalue weighted by Crippen LogP contribution is 2.40. The van der Waals surface area contributed by atoms with E-state index in [0.717, 1.165) is 10.4 Å². The van der Waals surface area contributed by atoms with Crippen LogP contribution in [0.4, 0.5) is 10.1 Å². The zero-order chi connectivity index (χ0) is 28.7. The van der Waals surface area contributed by atoms with Crippen LogP contribution in [-0.4, -0.2) is 49.8 Å². The van der Waals surface area contributed by atoms with Gasteiger partial charge in [0.15, 0.2) is 11.5 Å². The molecule has 9 heteroatoms. The molecule has 1 aromatic heterocycles. The summed E-state index contributed by atoms with van der Waals surface area (Å²) in [5.41, 5.74) is 0.384. The van der Waals surface area contributed by atoms with Crippen LogP contribution in [0.5, 0.6) is 0 Å². The second kappa shape index (κ2) is 10.8. The lowest BCUT2D eigenvalue weighted by molar-refractivity contribution is -0.00549. The molecule has 2 heterocycles. The predicted octanol–water partition coefficient (Wildman–Crippen LogP) is 5.36. The number of rotatable bonds is 7. The SMILES string of the molecule is C[C@@H]1CN(c2c(CO[Si](c3ccccc3)(c3ccccc3)C(C)(C)C)cc3c(C(=O)O)noc3c2F)C[C@H](C)O1. The largest absolute Gasteiger partial charge is 0.476 e. The van der Waals surface area contributed by atoms with Crippen molar-refractivity contribution in [2.45, 2.75) is 58.5 Å². The third-order valence-corrected chi connectivity index (χ3v) is 12.5. The van der Waals surface area contributed by atoms with E-state index in [1.54, 1.807) is 6.07 Å². The van der Waals surface area contributed by atoms with Crippen molar-refractivity contribution in [2.75, 3.05) is 18.0 Å². The summed E-state index contributed by atoms with van der Waals surface area (Å²) in [5, 5.41) is 15.4. The van der Waals surface area contributed by atoms with Crippen LogP contribution in [-0.2, 0) is 15.8 Å². The molecule has 7 nitrogen and oxygen atoms in total. The minimum atomic E-state index is -2.96. The van der Waals surface area contributed by atoms with Gasteiger partial charge in [-0.25, -0.2) is 9.18 Å². The fourth-order valence-corrected chi connectivity index (χ4v) is 10.5. The van der Waals surface area contributed by atoms with Gasteiger partial charge in [0.05, 0.1) is 29.9 Å². The van der Waals surface area contributed by atoms with Crippen molar-refractivity contribution in [1.82, 2.24) is 5.16 Å². The van der Waals surface area contributed by atoms with E-state index in [9.17, 15) is 9.90 Å². The number of morpholine rings is 1. The predicted molar refractivity (Wildman–Crippen MR) is 156 cm³/mol. The fourth-order valence-electron chi connectivity index (χ4n) is 5.99. The van der Waals surface area contributed by atoms with Crippen molar-refractivity contribution >= 4 is 41.3 Å². The molecule has 1 aliphatic rings. The second-order valence-corrected chi connectivity index (χ2v) is 15.8. The molecule has 0 bridgehead atoms. The van der Waals surface area contributed by atoms with Crippen LogP contribution in [0.25, 0.3) is 11.0 Å². The maximum absolute atomic E-state index is 16.3. The van der Waals surface area contributed by atoms with Gasteiger partial charge in [-0.15, -0.1) is 0 Å². The number of anilines is 1. The number of carbonyl (C=O) groups is 1. The molecule has 1 N–H and O–H groups in total. The van der Waals surface area contributed by atoms with E-state index in [1.807, 2.05) is 55.1 Å². The third kappa shape index (κ3) is 4.93. The van der Waals surface area contributed by atoms with Crippen LogP contribution >= 0.6 is 0 Å². The molecule has 3 aromatic carbocycles. The maximum atomic E-state index is 16.3. The number of hydrogen-bond acceptors (Lipinski definition) is 6. The number of nitrogens with zero attached hydrogens (tertiary/aromatic N) is 2. The van der Waals surface area contributed by atoms with Crippen LogP contribution < -0.4 is 15.3 Å². The highest BCUT2D eigenvalue weighted by Gasteiger charge is 2.50. The average molecular weight is 563 g/mol. The first kappa shape index (κ1) is 28.0. The molecule has 40 heavy (non-hydrogen) atoms. The topological polar surface area (TPSA) is 85.0 Å². The number of aromatic nitrogens is 1. The van der Waals surface area contributed by atoms with Gasteiger partial charge in [0, 0.05) is 18.7 Å². The van der Waals surface area contributed by atoms with Crippen LogP contribution in [0.3, 0.4) is 0 Å². The second-order valence-electron chi connectivity index (χ2n) is 11.5. The molecule has 0 unspecified atom stereocenters. The van der Waals surface area contributed by atoms with E-state index >= 15 is 4.39 Å². The molecule has 0 spiro atoms. The van der Waals surface area contributed by atoms with E-state index in [-0.39, 0.29) is 40.5 Å². The summed E-state index contributed by atoms with van der Waals surface area (Å²) in [5.74, 6) is -1.92. The maximum Gasteiger partial charge on any atom is 0.358 e. The Kier molecular flexibility index (Phi) is 7.56. The van der Waals surface area contributed by atoms with Crippen molar-refractivity contribution in [3.8, 4) is 0 Å². The fraction of sp³-hybridized carbons (Fsp3) is 0.355. The van der Waals surface area contributed by atoms with E-state index in [0.29, 0.717) is 24.3 Å². The van der Waals surface area contributed by atoms with E-state index in [2.05, 4.69) is 50.2 Å². The minimum Gasteiger partial charge on any atom is -0.476 e. The molecule has 1 fully saturated rings. The number of carboxylic acids is 1. The number of hydrogen-bond donors (Lipinski definition) is 1. The molecule has 2 atom stereocenters. The first-order valence-electron chi connectivity index (χ1n) is 13.5. The highest BCUT2D eigenvalue weighted by molar-refractivity contribution is 6.99. The van der Waals surface area contributed by atoms with Crippen LogP contribution in [0.15, 0.2) is 71.3 Å². The van der Waals surface area contributed by atoms with Gasteiger partial charge < -0.3 is 23.7 Å². The van der Waals surface area contributed by atoms with E-state index in [4.69, 9.17) is 13.7 Å². The molecule has 1 aliphatic heterocycles. The quantitative estimate of drug-likeness (QED) is 0.304. The van der Waals surface area contributed by atoms with E-state index in [1.165, 1.54) is 0 Å². The molecule has 1 saturated heterocycles. The monoisotopic (exact) mass is 562 g/mol. The molecule has 5 rings (SSSR count). The lowest BCUT2D eigenvalue weighted by atomic mass is 10.1. The Hall–Kier alpha value is -3.53. The Morgan fingerprint density at radius 3 is 2.10 bits per heavy atom. The Morgan fingerprint density at radius 1 is 1.05 bits per heavy atom. The Bertz CT molecular complexity index is 1450. The normalized spacial score (nSPS) is 18.3. The number of halogens is 1. The number of benzene rings is 3. The van der Waals surface area contributed by atoms with E-state index < -0.39 is 20.1 Å². The van der Waals surface area contributed by atoms with Crippen molar-refractivity contribution in [1.29, 1.82) is 0 Å². The van der Waals surface area contributed by atoms with Crippen molar-refractivity contribution < 1.29 is 28.0 Å². The van der Waals surface area contributed by atoms with Crippen molar-refractivity contribution in [3.63, 3.8) is 0 Å². The van der Waals surface area contributed by atoms with Gasteiger partial charge in [-0.1, -0.05) is 86.6 Å². The van der Waals surface area contributed by atoms with Gasteiger partial charge >= 0.3 is 5.97 Å². The molecule has 0 radical (unpaired) electrons. The Balaban J connectivity index is 1.69. The molecule has 210 valence electrons. The van der Waals surface area contributed by atoms with Crippen molar-refractivity contribution in [2.24, 2.45) is 0 Å². The molecular formula is C31H35FN2O5Si. The highest BCUT2D eigenvalue weighted by atomic mass is 28.4. The van der Waals surface area contributed by atoms with Gasteiger partial charge in [-0.2, -0.15) is 0 Å². The van der Waals surface area contributed by atoms with Crippen LogP contribution in [0.1, 0.15) is 50.7 Å². The lowest BCUT2D eigenvalue weighted by Crippen LogP contribution is -2.66. The molecule has 0 amide bonds. The number of ether oxygens (including phenoxy) is 1. The van der Waals surface area contributed by atoms with Gasteiger partial charge in [0.25, 0.3) is 8.32 Å². The molecule has 4 aromatic rings. The smallest absolute Gasteiger partial charge is 0.358 e. The first-order valence-corrected chi connectivity index (χ1v) is 15.4. The average Bonchev–Trinajstić information content (AvgIpc) is 3.34. The molecule has 0 aliphatic carbocycles.